The maximum atomic E-state index is 13.6. The summed E-state index contributed by atoms with van der Waals surface area (Å²) in [6.45, 7) is 2.62. The van der Waals surface area contributed by atoms with Crippen molar-refractivity contribution in [3.05, 3.63) is 39.7 Å². The molecular formula is C13H8ClF3O4. The molecule has 0 unspecified atom stereocenters. The number of carbonyl (C=O) groups excluding carboxylic acids is 2. The summed E-state index contributed by atoms with van der Waals surface area (Å²) < 4.78 is 50.1. The third kappa shape index (κ3) is 2.87. The molecule has 1 aromatic carbocycles. The SMILES string of the molecule is CC1(C)OC(=O)C(=Cc2c(F)cc(Cl)c(F)c2F)C(=O)O1. The van der Waals surface area contributed by atoms with Crippen molar-refractivity contribution in [1.82, 2.24) is 0 Å². The minimum absolute atomic E-state index is 0.518. The van der Waals surface area contributed by atoms with Crippen molar-refractivity contribution < 1.29 is 32.2 Å². The number of hydrogen-bond donors (Lipinski definition) is 0. The molecule has 0 spiro atoms. The van der Waals surface area contributed by atoms with E-state index in [2.05, 4.69) is 0 Å². The van der Waals surface area contributed by atoms with Gasteiger partial charge in [0.1, 0.15) is 11.4 Å². The van der Waals surface area contributed by atoms with Crippen molar-refractivity contribution in [1.29, 1.82) is 0 Å². The smallest absolute Gasteiger partial charge is 0.348 e. The first-order chi connectivity index (χ1) is 9.62. The van der Waals surface area contributed by atoms with E-state index in [0.717, 1.165) is 0 Å². The Labute approximate surface area is 122 Å². The van der Waals surface area contributed by atoms with Crippen LogP contribution < -0.4 is 0 Å². The first-order valence-corrected chi connectivity index (χ1v) is 6.01. The van der Waals surface area contributed by atoms with Gasteiger partial charge < -0.3 is 9.47 Å². The summed E-state index contributed by atoms with van der Waals surface area (Å²) in [6, 6.07) is 0.524. The van der Waals surface area contributed by atoms with Crippen LogP contribution in [-0.2, 0) is 19.1 Å². The van der Waals surface area contributed by atoms with Crippen molar-refractivity contribution in [3.8, 4) is 0 Å². The van der Waals surface area contributed by atoms with Crippen LogP contribution in [0.3, 0.4) is 0 Å². The molecule has 4 nitrogen and oxygen atoms in total. The van der Waals surface area contributed by atoms with Gasteiger partial charge in [0.05, 0.1) is 10.6 Å². The summed E-state index contributed by atoms with van der Waals surface area (Å²) in [5.74, 6) is -8.12. The van der Waals surface area contributed by atoms with Crippen molar-refractivity contribution in [2.75, 3.05) is 0 Å². The van der Waals surface area contributed by atoms with Crippen LogP contribution in [0.15, 0.2) is 11.6 Å². The molecule has 8 heteroatoms. The van der Waals surface area contributed by atoms with Crippen LogP contribution in [0.1, 0.15) is 19.4 Å². The van der Waals surface area contributed by atoms with E-state index < -0.39 is 51.3 Å². The molecule has 112 valence electrons. The van der Waals surface area contributed by atoms with Gasteiger partial charge in [-0.1, -0.05) is 11.6 Å². The van der Waals surface area contributed by atoms with E-state index in [0.29, 0.717) is 12.1 Å². The molecule has 1 aliphatic heterocycles. The third-order valence-corrected chi connectivity index (χ3v) is 2.83. The Hall–Kier alpha value is -2.02. The quantitative estimate of drug-likeness (QED) is 0.262. The highest BCUT2D eigenvalue weighted by atomic mass is 35.5. The number of esters is 2. The minimum atomic E-state index is -1.63. The molecule has 1 heterocycles. The van der Waals surface area contributed by atoms with Crippen LogP contribution in [0, 0.1) is 17.5 Å². The topological polar surface area (TPSA) is 52.6 Å². The van der Waals surface area contributed by atoms with E-state index in [1.165, 1.54) is 13.8 Å². The van der Waals surface area contributed by atoms with Gasteiger partial charge >= 0.3 is 11.9 Å². The summed E-state index contributed by atoms with van der Waals surface area (Å²) in [4.78, 5) is 23.3. The molecule has 0 amide bonds. The number of benzene rings is 1. The molecule has 0 saturated carbocycles. The highest BCUT2D eigenvalue weighted by Crippen LogP contribution is 2.28. The molecule has 0 radical (unpaired) electrons. The molecule has 1 aromatic rings. The van der Waals surface area contributed by atoms with E-state index in [-0.39, 0.29) is 0 Å². The van der Waals surface area contributed by atoms with Gasteiger partial charge in [-0.2, -0.15) is 0 Å². The van der Waals surface area contributed by atoms with Gasteiger partial charge in [0.2, 0.25) is 0 Å². The molecule has 0 aliphatic carbocycles. The summed E-state index contributed by atoms with van der Waals surface area (Å²) in [6.07, 6.45) is 0.518. The number of cyclic esters (lactones) is 2. The fourth-order valence-corrected chi connectivity index (χ4v) is 1.81. The predicted molar refractivity (Wildman–Crippen MR) is 65.6 cm³/mol. The van der Waals surface area contributed by atoms with Crippen LogP contribution in [0.4, 0.5) is 13.2 Å². The van der Waals surface area contributed by atoms with Crippen LogP contribution in [0.5, 0.6) is 0 Å². The van der Waals surface area contributed by atoms with Crippen LogP contribution in [0.25, 0.3) is 6.08 Å². The Morgan fingerprint density at radius 1 is 1.10 bits per heavy atom. The number of hydrogen-bond acceptors (Lipinski definition) is 4. The molecule has 0 bridgehead atoms. The predicted octanol–water partition coefficient (Wildman–Crippen LogP) is 2.98. The van der Waals surface area contributed by atoms with Gasteiger partial charge in [-0.3, -0.25) is 0 Å². The fourth-order valence-electron chi connectivity index (χ4n) is 1.64. The summed E-state index contributed by atoms with van der Waals surface area (Å²) in [5.41, 5.74) is -1.69. The lowest BCUT2D eigenvalue weighted by atomic mass is 10.1. The second-order valence-electron chi connectivity index (χ2n) is 4.62. The first kappa shape index (κ1) is 15.4. The van der Waals surface area contributed by atoms with E-state index >= 15 is 0 Å². The molecule has 0 atom stereocenters. The van der Waals surface area contributed by atoms with Crippen molar-refractivity contribution in [2.24, 2.45) is 0 Å². The lowest BCUT2D eigenvalue weighted by molar-refractivity contribution is -0.222. The average molecular weight is 321 g/mol. The standard InChI is InChI=1S/C13H8ClF3O4/c1-13(2)20-11(18)6(12(19)21-13)3-5-8(15)4-7(14)10(17)9(5)16/h3-4H,1-2H3. The fraction of sp³-hybridized carbons (Fsp3) is 0.231. The minimum Gasteiger partial charge on any atom is -0.419 e. The largest absolute Gasteiger partial charge is 0.419 e. The van der Waals surface area contributed by atoms with Gasteiger partial charge in [0.25, 0.3) is 5.79 Å². The highest BCUT2D eigenvalue weighted by molar-refractivity contribution is 6.30. The maximum Gasteiger partial charge on any atom is 0.348 e. The zero-order chi connectivity index (χ0) is 15.9. The lowest BCUT2D eigenvalue weighted by Gasteiger charge is -2.29. The van der Waals surface area contributed by atoms with Crippen molar-refractivity contribution >= 4 is 29.6 Å². The van der Waals surface area contributed by atoms with E-state index in [1.807, 2.05) is 0 Å². The zero-order valence-corrected chi connectivity index (χ0v) is 11.6. The monoisotopic (exact) mass is 320 g/mol. The van der Waals surface area contributed by atoms with Crippen LogP contribution >= 0.6 is 11.6 Å². The van der Waals surface area contributed by atoms with Crippen molar-refractivity contribution in [2.45, 2.75) is 19.6 Å². The van der Waals surface area contributed by atoms with Crippen molar-refractivity contribution in [3.63, 3.8) is 0 Å². The van der Waals surface area contributed by atoms with Gasteiger partial charge in [0.15, 0.2) is 11.6 Å². The Bertz CT molecular complexity index is 660. The number of carbonyl (C=O) groups is 2. The summed E-state index contributed by atoms with van der Waals surface area (Å²) in [7, 11) is 0. The Kier molecular flexibility index (Phi) is 3.71. The normalized spacial score (nSPS) is 17.3. The Morgan fingerprint density at radius 2 is 1.62 bits per heavy atom. The van der Waals surface area contributed by atoms with E-state index in [9.17, 15) is 22.8 Å². The van der Waals surface area contributed by atoms with Gasteiger partial charge in [0, 0.05) is 13.8 Å². The van der Waals surface area contributed by atoms with E-state index in [4.69, 9.17) is 21.1 Å². The van der Waals surface area contributed by atoms with Gasteiger partial charge in [-0.15, -0.1) is 0 Å². The molecule has 1 aliphatic rings. The average Bonchev–Trinajstić information content (AvgIpc) is 2.33. The third-order valence-electron chi connectivity index (χ3n) is 2.56. The number of halogens is 4. The molecule has 1 saturated heterocycles. The Balaban J connectivity index is 2.53. The molecule has 0 N–H and O–H groups in total. The van der Waals surface area contributed by atoms with E-state index in [1.54, 1.807) is 0 Å². The van der Waals surface area contributed by atoms with Gasteiger partial charge in [-0.05, 0) is 12.1 Å². The molecule has 2 rings (SSSR count). The highest BCUT2D eigenvalue weighted by Gasteiger charge is 2.39. The molecular weight excluding hydrogens is 313 g/mol. The van der Waals surface area contributed by atoms with Crippen LogP contribution in [-0.4, -0.2) is 17.7 Å². The summed E-state index contributed by atoms with van der Waals surface area (Å²) >= 11 is 5.27. The second-order valence-corrected chi connectivity index (χ2v) is 5.03. The molecule has 0 aromatic heterocycles. The molecule has 21 heavy (non-hydrogen) atoms. The first-order valence-electron chi connectivity index (χ1n) is 5.64. The van der Waals surface area contributed by atoms with Crippen LogP contribution in [0.2, 0.25) is 5.02 Å². The number of rotatable bonds is 1. The lowest BCUT2D eigenvalue weighted by Crippen LogP contribution is -2.41. The second kappa shape index (κ2) is 5.07. The summed E-state index contributed by atoms with van der Waals surface area (Å²) in [5, 5.41) is -0.762. The maximum absolute atomic E-state index is 13.6. The Morgan fingerprint density at radius 3 is 2.14 bits per heavy atom. The van der Waals surface area contributed by atoms with Gasteiger partial charge in [-0.25, -0.2) is 22.8 Å². The zero-order valence-electron chi connectivity index (χ0n) is 10.8. The molecule has 1 fully saturated rings. The number of ether oxygens (including phenoxy) is 2.